The van der Waals surface area contributed by atoms with Crippen molar-refractivity contribution in [3.63, 3.8) is 0 Å². The molecule has 0 saturated heterocycles. The first-order valence-electron chi connectivity index (χ1n) is 5.00. The molecule has 17 heavy (non-hydrogen) atoms. The zero-order chi connectivity index (χ0) is 12.7. The summed E-state index contributed by atoms with van der Waals surface area (Å²) in [6.45, 7) is 0.323. The second-order valence-electron chi connectivity index (χ2n) is 3.38. The molecule has 0 unspecified atom stereocenters. The minimum absolute atomic E-state index is 0.323. The van der Waals surface area contributed by atoms with Crippen molar-refractivity contribution in [3.8, 4) is 0 Å². The van der Waals surface area contributed by atoms with Gasteiger partial charge in [0, 0.05) is 6.54 Å². The smallest absolute Gasteiger partial charge is 0.250 e. The van der Waals surface area contributed by atoms with Gasteiger partial charge in [0.05, 0.1) is 0 Å². The van der Waals surface area contributed by atoms with Crippen molar-refractivity contribution >= 4 is 18.2 Å². The maximum atomic E-state index is 11.6. The molecule has 0 saturated carbocycles. The van der Waals surface area contributed by atoms with Gasteiger partial charge in [-0.1, -0.05) is 30.3 Å². The predicted octanol–water partition coefficient (Wildman–Crippen LogP) is -0.647. The molecule has 0 aliphatic rings. The average Bonchev–Trinajstić information content (AvgIpc) is 2.34. The highest BCUT2D eigenvalue weighted by Crippen LogP contribution is 1.97. The van der Waals surface area contributed by atoms with Crippen molar-refractivity contribution < 1.29 is 9.59 Å². The van der Waals surface area contributed by atoms with Gasteiger partial charge >= 0.3 is 0 Å². The Labute approximate surface area is 98.7 Å². The predicted molar refractivity (Wildman–Crippen MR) is 63.2 cm³/mol. The summed E-state index contributed by atoms with van der Waals surface area (Å²) in [6, 6.07) is 8.18. The van der Waals surface area contributed by atoms with Crippen LogP contribution in [0, 0.1) is 5.41 Å². The maximum absolute atomic E-state index is 11.6. The molecule has 0 aliphatic heterocycles. The van der Waals surface area contributed by atoms with Crippen LogP contribution in [0.25, 0.3) is 0 Å². The van der Waals surface area contributed by atoms with E-state index in [4.69, 9.17) is 11.1 Å². The van der Waals surface area contributed by atoms with Crippen LogP contribution in [0.2, 0.25) is 0 Å². The Morgan fingerprint density at radius 2 is 2.06 bits per heavy atom. The second-order valence-corrected chi connectivity index (χ2v) is 3.38. The fraction of sp³-hybridized carbons (Fsp3) is 0.182. The van der Waals surface area contributed by atoms with Crippen molar-refractivity contribution in [2.75, 3.05) is 0 Å². The zero-order valence-corrected chi connectivity index (χ0v) is 9.14. The maximum Gasteiger partial charge on any atom is 0.250 e. The number of nitrogens with one attached hydrogen (secondary N) is 3. The number of hydrogen-bond acceptors (Lipinski definition) is 3. The Bertz CT molecular complexity index is 405. The van der Waals surface area contributed by atoms with E-state index in [0.717, 1.165) is 5.56 Å². The molecule has 0 aromatic heterocycles. The minimum Gasteiger partial charge on any atom is -0.385 e. The number of carbonyl (C=O) groups excluding carboxylic acids is 2. The third-order valence-electron chi connectivity index (χ3n) is 2.12. The first kappa shape index (κ1) is 12.7. The Kier molecular flexibility index (Phi) is 4.68. The van der Waals surface area contributed by atoms with E-state index in [1.165, 1.54) is 0 Å². The molecule has 1 aromatic rings. The molecule has 0 aliphatic carbocycles. The zero-order valence-electron chi connectivity index (χ0n) is 9.14. The standard InChI is InChI=1S/C11H14N4O2/c12-10(13)9(15-7-16)11(17)14-6-8-4-2-1-3-5-8/h1-5,7,9H,6H2,(H3,12,13)(H,14,17)(H,15,16)/t9-/m0/s1. The molecular formula is C11H14N4O2. The quantitative estimate of drug-likeness (QED) is 0.298. The van der Waals surface area contributed by atoms with Crippen molar-refractivity contribution in [1.29, 1.82) is 5.41 Å². The lowest BCUT2D eigenvalue weighted by Gasteiger charge is -2.14. The van der Waals surface area contributed by atoms with E-state index in [0.29, 0.717) is 13.0 Å². The van der Waals surface area contributed by atoms with E-state index in [1.54, 1.807) is 0 Å². The van der Waals surface area contributed by atoms with Crippen molar-refractivity contribution in [2.45, 2.75) is 12.6 Å². The van der Waals surface area contributed by atoms with Gasteiger partial charge in [0.1, 0.15) is 5.84 Å². The Morgan fingerprint density at radius 1 is 1.41 bits per heavy atom. The van der Waals surface area contributed by atoms with E-state index < -0.39 is 17.8 Å². The van der Waals surface area contributed by atoms with Gasteiger partial charge in [-0.05, 0) is 5.56 Å². The molecule has 0 fully saturated rings. The van der Waals surface area contributed by atoms with Gasteiger partial charge < -0.3 is 16.4 Å². The normalized spacial score (nSPS) is 11.3. The first-order valence-corrected chi connectivity index (χ1v) is 5.00. The molecule has 6 nitrogen and oxygen atoms in total. The van der Waals surface area contributed by atoms with Crippen LogP contribution in [0.4, 0.5) is 0 Å². The summed E-state index contributed by atoms with van der Waals surface area (Å²) in [5.74, 6) is -0.906. The van der Waals surface area contributed by atoms with Crippen molar-refractivity contribution in [1.82, 2.24) is 10.6 Å². The van der Waals surface area contributed by atoms with Crippen LogP contribution in [0.5, 0.6) is 0 Å². The lowest BCUT2D eigenvalue weighted by molar-refractivity contribution is -0.123. The molecule has 90 valence electrons. The average molecular weight is 234 g/mol. The number of hydrogen-bond donors (Lipinski definition) is 4. The molecule has 0 bridgehead atoms. The minimum atomic E-state index is -1.11. The van der Waals surface area contributed by atoms with Gasteiger partial charge in [0.2, 0.25) is 6.41 Å². The summed E-state index contributed by atoms with van der Waals surface area (Å²) in [4.78, 5) is 21.8. The Morgan fingerprint density at radius 3 is 2.59 bits per heavy atom. The highest BCUT2D eigenvalue weighted by atomic mass is 16.2. The highest BCUT2D eigenvalue weighted by molar-refractivity contribution is 6.06. The third-order valence-corrected chi connectivity index (χ3v) is 2.12. The molecule has 2 amide bonds. The molecule has 5 N–H and O–H groups in total. The molecule has 0 heterocycles. The Hall–Kier alpha value is -2.37. The SMILES string of the molecule is N=C(N)[C@H](NC=O)C(=O)NCc1ccccc1. The van der Waals surface area contributed by atoms with Crippen LogP contribution in [-0.4, -0.2) is 24.2 Å². The molecule has 1 aromatic carbocycles. The lowest BCUT2D eigenvalue weighted by atomic mass is 10.2. The number of amidine groups is 1. The summed E-state index contributed by atoms with van der Waals surface area (Å²) in [6.07, 6.45) is 0.341. The van der Waals surface area contributed by atoms with Gasteiger partial charge in [-0.3, -0.25) is 15.0 Å². The second kappa shape index (κ2) is 6.26. The summed E-state index contributed by atoms with van der Waals surface area (Å²) in [7, 11) is 0. The molecule has 1 rings (SSSR count). The van der Waals surface area contributed by atoms with Gasteiger partial charge in [-0.2, -0.15) is 0 Å². The monoisotopic (exact) mass is 234 g/mol. The number of carbonyl (C=O) groups is 2. The summed E-state index contributed by atoms with van der Waals surface area (Å²) >= 11 is 0. The summed E-state index contributed by atoms with van der Waals surface area (Å²) < 4.78 is 0. The van der Waals surface area contributed by atoms with Crippen LogP contribution >= 0.6 is 0 Å². The fourth-order valence-corrected chi connectivity index (χ4v) is 1.26. The summed E-state index contributed by atoms with van der Waals surface area (Å²) in [5, 5.41) is 11.9. The Balaban J connectivity index is 2.53. The van der Waals surface area contributed by atoms with Crippen molar-refractivity contribution in [2.24, 2.45) is 5.73 Å². The third kappa shape index (κ3) is 3.94. The van der Waals surface area contributed by atoms with Gasteiger partial charge in [-0.15, -0.1) is 0 Å². The van der Waals surface area contributed by atoms with E-state index in [9.17, 15) is 9.59 Å². The molecular weight excluding hydrogens is 220 g/mol. The van der Waals surface area contributed by atoms with Gasteiger partial charge in [-0.25, -0.2) is 0 Å². The number of rotatable bonds is 6. The van der Waals surface area contributed by atoms with Crippen LogP contribution in [0.1, 0.15) is 5.56 Å². The molecule has 0 spiro atoms. The largest absolute Gasteiger partial charge is 0.385 e. The highest BCUT2D eigenvalue weighted by Gasteiger charge is 2.19. The number of amides is 2. The molecule has 6 heteroatoms. The molecule has 1 atom stereocenters. The van der Waals surface area contributed by atoms with E-state index in [1.807, 2.05) is 30.3 Å². The number of nitrogens with two attached hydrogens (primary N) is 1. The van der Waals surface area contributed by atoms with E-state index in [2.05, 4.69) is 10.6 Å². The topological polar surface area (TPSA) is 108 Å². The van der Waals surface area contributed by atoms with Crippen LogP contribution < -0.4 is 16.4 Å². The van der Waals surface area contributed by atoms with E-state index >= 15 is 0 Å². The first-order chi connectivity index (χ1) is 8.15. The van der Waals surface area contributed by atoms with Crippen LogP contribution in [-0.2, 0) is 16.1 Å². The summed E-state index contributed by atoms with van der Waals surface area (Å²) in [5.41, 5.74) is 6.12. The fourth-order valence-electron chi connectivity index (χ4n) is 1.26. The van der Waals surface area contributed by atoms with Crippen molar-refractivity contribution in [3.05, 3.63) is 35.9 Å². The van der Waals surface area contributed by atoms with Gasteiger partial charge in [0.15, 0.2) is 6.04 Å². The van der Waals surface area contributed by atoms with Gasteiger partial charge in [0.25, 0.3) is 5.91 Å². The molecule has 0 radical (unpaired) electrons. The van der Waals surface area contributed by atoms with E-state index in [-0.39, 0.29) is 0 Å². The van der Waals surface area contributed by atoms with Crippen LogP contribution in [0.3, 0.4) is 0 Å². The number of benzene rings is 1. The lowest BCUT2D eigenvalue weighted by Crippen LogP contribution is -2.51. The van der Waals surface area contributed by atoms with Crippen LogP contribution in [0.15, 0.2) is 30.3 Å².